The van der Waals surface area contributed by atoms with Crippen molar-refractivity contribution in [3.63, 3.8) is 0 Å². The number of hydrogen-bond acceptors (Lipinski definition) is 44. The molecule has 27 N–H and O–H groups in total. The van der Waals surface area contributed by atoms with Crippen LogP contribution in [0, 0.1) is 0 Å². The zero-order valence-electron chi connectivity index (χ0n) is 55.9. The zero-order chi connectivity index (χ0) is 76.5. The summed E-state index contributed by atoms with van der Waals surface area (Å²) in [6, 6.07) is -3.73. The highest BCUT2D eigenvalue weighted by molar-refractivity contribution is 5.73. The Kier molecular flexibility index (Phi) is 30.0. The lowest BCUT2D eigenvalue weighted by Gasteiger charge is -2.52. The van der Waals surface area contributed by atoms with E-state index in [0.717, 1.165) is 13.8 Å². The molecule has 0 radical (unpaired) electrons. The number of nitrogens with one attached hydrogen (secondary N) is 2. The fourth-order valence-electron chi connectivity index (χ4n) is 13.4. The van der Waals surface area contributed by atoms with E-state index in [1.54, 1.807) is 0 Å². The Hall–Kier alpha value is -2.74. The van der Waals surface area contributed by atoms with E-state index in [-0.39, 0.29) is 0 Å². The van der Waals surface area contributed by atoms with Crippen molar-refractivity contribution in [2.45, 2.75) is 304 Å². The highest BCUT2D eigenvalue weighted by Crippen LogP contribution is 2.40. The number of carbonyl (C=O) groups is 2. The molecule has 9 aliphatic rings. The highest BCUT2D eigenvalue weighted by Gasteiger charge is 2.61. The summed E-state index contributed by atoms with van der Waals surface area (Å²) < 4.78 is 101. The second kappa shape index (κ2) is 36.6. The quantitative estimate of drug-likeness (QED) is 0.0404. The fraction of sp³-hybridized carbons (Fsp3) is 0.966. The van der Waals surface area contributed by atoms with Crippen LogP contribution < -0.4 is 10.6 Å². The Morgan fingerprint density at radius 1 is 0.269 bits per heavy atom. The second-order valence-corrected chi connectivity index (χ2v) is 26.7. The smallest absolute Gasteiger partial charge is 0.217 e. The molecule has 0 aromatic carbocycles. The van der Waals surface area contributed by atoms with Crippen molar-refractivity contribution in [3.05, 3.63) is 0 Å². The molecule has 46 heteroatoms. The molecule has 0 saturated carbocycles. The number of amides is 2. The van der Waals surface area contributed by atoms with Crippen LogP contribution in [0.2, 0.25) is 0 Å². The van der Waals surface area contributed by atoms with Crippen molar-refractivity contribution in [1.29, 1.82) is 0 Å². The van der Waals surface area contributed by atoms with Crippen molar-refractivity contribution >= 4 is 11.8 Å². The summed E-state index contributed by atoms with van der Waals surface area (Å²) in [6.07, 6.45) is -88.1. The van der Waals surface area contributed by atoms with Crippen LogP contribution in [0.25, 0.3) is 0 Å². The minimum atomic E-state index is -2.63. The first kappa shape index (κ1) is 85.3. The Morgan fingerprint density at radius 3 is 1.07 bits per heavy atom. The number of carbonyl (C=O) groups excluding carboxylic acids is 2. The summed E-state index contributed by atoms with van der Waals surface area (Å²) in [7, 11) is 0. The molecule has 45 atom stereocenters. The maximum absolute atomic E-state index is 13.2. The van der Waals surface area contributed by atoms with E-state index >= 15 is 0 Å². The molecule has 0 aromatic heterocycles. The highest BCUT2D eigenvalue weighted by atomic mass is 16.8. The Labute approximate surface area is 589 Å². The van der Waals surface area contributed by atoms with Gasteiger partial charge in [-0.15, -0.1) is 0 Å². The molecule has 604 valence electrons. The lowest BCUT2D eigenvalue weighted by molar-refractivity contribution is -0.413. The molecular formula is C58H98N2O44. The van der Waals surface area contributed by atoms with E-state index in [1.165, 1.54) is 13.8 Å². The molecule has 46 nitrogen and oxygen atoms in total. The molecule has 0 spiro atoms. The molecule has 9 heterocycles. The lowest BCUT2D eigenvalue weighted by Crippen LogP contribution is -2.71. The summed E-state index contributed by atoms with van der Waals surface area (Å²) in [5.74, 6) is -1.80. The molecule has 0 unspecified atom stereocenters. The molecule has 9 fully saturated rings. The van der Waals surface area contributed by atoms with E-state index in [1.807, 2.05) is 0 Å². The van der Waals surface area contributed by atoms with Crippen LogP contribution in [0.1, 0.15) is 27.7 Å². The van der Waals surface area contributed by atoms with E-state index in [9.17, 15) is 137 Å². The Balaban J connectivity index is 1.09. The standard InChI is InChI=1S/C58H98N2O44/c1-12-25(68)32(75)38(81)52(90-12)88-10-21-46(30(73)23(50(87)92-21)59-14(3)66)99-51-24(60-15(4)67)31(74)44(19(8-64)96-51)100-57-43(86)48(103-56-42(85)37(80)45(20(9-65)97-56)101-55-41(84)35(78)28(71)17(6-62)94-55)47(22(98-57)11-89-53-39(82)34(77)27(70)16(5-61)93-53)102-58-49(36(79)29(72)18(7-63)95-58)104-54-40(83)33(76)26(69)13(2)91-54/h12-13,16-58,61-65,68-87H,5-11H2,1-4H3,(H,59,66)(H,60,67)/t12-,13-,16+,17+,18+,19+,20+,21+,22+,23+,24+,25+,26+,27+,28-,29-,30+,31+,32+,33+,34-,35-,36-,37+,38-,39-,40-,41+,42-,43-,44+,45+,46+,47+,48+,49+,50+,51-,52+,53-,54-,55+,56+,57-,58-/m0/s1. The summed E-state index contributed by atoms with van der Waals surface area (Å²) in [4.78, 5) is 25.6. The van der Waals surface area contributed by atoms with Crippen LogP contribution in [-0.2, 0) is 90.1 Å². The van der Waals surface area contributed by atoms with Gasteiger partial charge in [0.25, 0.3) is 0 Å². The number of aliphatic hydroxyl groups excluding tert-OH is 25. The fourth-order valence-corrected chi connectivity index (χ4v) is 13.4. The third kappa shape index (κ3) is 18.2. The SMILES string of the molecule is CC(=O)N[C@@H]1[C@@H](O)[C@H](O[C@@H]2O[C@H](CO)[C@@H](O[C@@H]3O[C@H](CO[C@H]4O[C@H](CO)[C@@H](O)[C@H](O)[C@@H]4O)[C@@H](O[C@@H]4O[C@H](CO)[C@H](O)[C@H](O)[C@H]4O[C@@H]4O[C@@H](C)[C@@H](O)[C@@H](O)[C@@H]4O)[C@H](O[C@H]4O[C@H](CO)[C@@H](O[C@H]5O[C@H](CO)[C@H](O)[C@H](O)[C@H]5O)[C@H](O)[C@@H]4O)[C@@H]3O)[C@H](O)[C@H]2NC(C)=O)[C@@H](CO[C@@H]2O[C@@H](C)[C@@H](O)[C@@H](O)[C@@H]2O)O[C@H]1O. The van der Waals surface area contributed by atoms with Crippen LogP contribution in [0.5, 0.6) is 0 Å². The van der Waals surface area contributed by atoms with Crippen LogP contribution in [-0.4, -0.2) is 462 Å². The predicted octanol–water partition coefficient (Wildman–Crippen LogP) is -18.3. The van der Waals surface area contributed by atoms with Gasteiger partial charge in [0.2, 0.25) is 11.8 Å². The van der Waals surface area contributed by atoms with Crippen molar-refractivity contribution in [2.75, 3.05) is 46.2 Å². The predicted molar refractivity (Wildman–Crippen MR) is 317 cm³/mol. The van der Waals surface area contributed by atoms with Gasteiger partial charge in [-0.1, -0.05) is 0 Å². The molecule has 2 amide bonds. The summed E-state index contributed by atoms with van der Waals surface area (Å²) in [6.45, 7) is -3.09. The monoisotopic (exact) mass is 1530 g/mol. The van der Waals surface area contributed by atoms with Crippen LogP contribution in [0.15, 0.2) is 0 Å². The van der Waals surface area contributed by atoms with Gasteiger partial charge in [-0.25, -0.2) is 0 Å². The minimum absolute atomic E-state index is 0.826. The maximum atomic E-state index is 13.2. The van der Waals surface area contributed by atoms with Gasteiger partial charge < -0.3 is 219 Å². The number of rotatable bonds is 25. The van der Waals surface area contributed by atoms with Crippen molar-refractivity contribution in [1.82, 2.24) is 10.6 Å². The Morgan fingerprint density at radius 2 is 0.567 bits per heavy atom. The zero-order valence-corrected chi connectivity index (χ0v) is 55.9. The van der Waals surface area contributed by atoms with E-state index in [2.05, 4.69) is 10.6 Å². The van der Waals surface area contributed by atoms with Gasteiger partial charge in [-0.3, -0.25) is 9.59 Å². The molecular weight excluding hydrogens is 1430 g/mol. The number of hydrogen-bond donors (Lipinski definition) is 27. The molecule has 9 saturated heterocycles. The third-order valence-corrected chi connectivity index (χ3v) is 19.5. The average molecular weight is 1530 g/mol. The van der Waals surface area contributed by atoms with Crippen molar-refractivity contribution in [2.24, 2.45) is 0 Å². The first-order chi connectivity index (χ1) is 49.1. The summed E-state index contributed by atoms with van der Waals surface area (Å²) in [5.41, 5.74) is 0. The summed E-state index contributed by atoms with van der Waals surface area (Å²) in [5, 5.41) is 281. The van der Waals surface area contributed by atoms with E-state index < -0.39 is 334 Å². The van der Waals surface area contributed by atoms with Gasteiger partial charge >= 0.3 is 0 Å². The van der Waals surface area contributed by atoms with Gasteiger partial charge in [-0.2, -0.15) is 0 Å². The van der Waals surface area contributed by atoms with E-state index in [0.29, 0.717) is 0 Å². The maximum Gasteiger partial charge on any atom is 0.217 e. The normalized spacial score (nSPS) is 51.9. The average Bonchev–Trinajstić information content (AvgIpc) is 0.885. The van der Waals surface area contributed by atoms with Crippen molar-refractivity contribution in [3.8, 4) is 0 Å². The minimum Gasteiger partial charge on any atom is -0.394 e. The molecule has 0 aliphatic carbocycles. The van der Waals surface area contributed by atoms with Gasteiger partial charge in [-0.05, 0) is 13.8 Å². The van der Waals surface area contributed by atoms with Gasteiger partial charge in [0.1, 0.15) is 207 Å². The molecule has 104 heavy (non-hydrogen) atoms. The van der Waals surface area contributed by atoms with Gasteiger partial charge in [0, 0.05) is 13.8 Å². The lowest BCUT2D eigenvalue weighted by atomic mass is 9.93. The van der Waals surface area contributed by atoms with Gasteiger partial charge in [0.05, 0.1) is 58.5 Å². The van der Waals surface area contributed by atoms with Crippen LogP contribution in [0.4, 0.5) is 0 Å². The van der Waals surface area contributed by atoms with Crippen molar-refractivity contribution < 1.29 is 218 Å². The third-order valence-electron chi connectivity index (χ3n) is 19.5. The summed E-state index contributed by atoms with van der Waals surface area (Å²) >= 11 is 0. The van der Waals surface area contributed by atoms with Crippen LogP contribution >= 0.6 is 0 Å². The molecule has 9 rings (SSSR count). The number of ether oxygens (including phenoxy) is 17. The largest absolute Gasteiger partial charge is 0.394 e. The Bertz CT molecular complexity index is 2670. The van der Waals surface area contributed by atoms with Crippen LogP contribution in [0.3, 0.4) is 0 Å². The topological polar surface area (TPSA) is 721 Å². The molecule has 0 aromatic rings. The van der Waals surface area contributed by atoms with E-state index in [4.69, 9.17) is 80.5 Å². The first-order valence-electron chi connectivity index (χ1n) is 33.4. The van der Waals surface area contributed by atoms with Gasteiger partial charge in [0.15, 0.2) is 56.6 Å². The first-order valence-corrected chi connectivity index (χ1v) is 33.4. The molecule has 9 aliphatic heterocycles. The second-order valence-electron chi connectivity index (χ2n) is 26.7. The number of aliphatic hydroxyl groups is 25. The molecule has 0 bridgehead atoms.